The fourth-order valence-corrected chi connectivity index (χ4v) is 8.68. The molecule has 1 saturated heterocycles. The van der Waals surface area contributed by atoms with E-state index in [9.17, 15) is 43.2 Å². The Balaban J connectivity index is 1.08. The number of hydrogen-bond acceptors (Lipinski definition) is 12. The molecule has 10 N–H and O–H groups in total. The molecule has 1 unspecified atom stereocenters. The number of amides is 9. The van der Waals surface area contributed by atoms with Gasteiger partial charge in [0, 0.05) is 84.0 Å². The number of benzene rings is 3. The summed E-state index contributed by atoms with van der Waals surface area (Å²) in [6.45, 7) is 1.57. The lowest BCUT2D eigenvalue weighted by molar-refractivity contribution is -0.144. The van der Waals surface area contributed by atoms with E-state index in [1.54, 1.807) is 0 Å². The van der Waals surface area contributed by atoms with Gasteiger partial charge in [0.2, 0.25) is 47.3 Å². The molecule has 0 saturated carbocycles. The van der Waals surface area contributed by atoms with E-state index in [2.05, 4.69) is 60.5 Å². The fourth-order valence-electron chi connectivity index (χ4n) is 8.68. The molecule has 0 radical (unpaired) electrons. The highest BCUT2D eigenvalue weighted by molar-refractivity contribution is 6.07. The van der Waals surface area contributed by atoms with Crippen molar-refractivity contribution in [2.75, 3.05) is 66.1 Å². The Bertz CT molecular complexity index is 2420. The summed E-state index contributed by atoms with van der Waals surface area (Å²) >= 11 is 0. The summed E-state index contributed by atoms with van der Waals surface area (Å²) in [6.07, 6.45) is -0.741. The van der Waals surface area contributed by atoms with Crippen LogP contribution in [-0.4, -0.2) is 136 Å². The van der Waals surface area contributed by atoms with Gasteiger partial charge in [-0.1, -0.05) is 60.7 Å². The SMILES string of the molecule is C[C@H](NC(=O)OCC1c2ccccc2-c2ccccc21)C(=O)NCC1(C(=O)NCCC(=O)NCCCOc2cccc3c2CCN(C)C3)CNC(=O)CCNC(=O)[C@H](CCC(N)=O)NC(=O)CCNC1=O. The van der Waals surface area contributed by atoms with E-state index >= 15 is 0 Å². The van der Waals surface area contributed by atoms with Gasteiger partial charge in [-0.15, -0.1) is 0 Å². The summed E-state index contributed by atoms with van der Waals surface area (Å²) in [4.78, 5) is 121. The van der Waals surface area contributed by atoms with Gasteiger partial charge in [-0.25, -0.2) is 4.79 Å². The number of carbonyl (C=O) groups excluding carboxylic acids is 9. The second-order valence-corrected chi connectivity index (χ2v) is 17.9. The number of hydrogen-bond donors (Lipinski definition) is 9. The largest absolute Gasteiger partial charge is 0.493 e. The first-order chi connectivity index (χ1) is 34.1. The standard InChI is InChI=1S/C50H64N10O11/c1-31(58-49(69)71-28-38-36-12-5-3-10-34(36)35-11-4-6-13-37(35)38)45(65)57-30-50(29-56-43(63)17-22-53-46(66)39(15-16-41(51)61)59-44(64)19-24-55-48(50)68)47(67)54-23-18-42(62)52-21-8-26-70-40-14-7-9-32-27-60(2)25-20-33(32)40/h3-7,9-14,31,38-39H,8,15-30H2,1-2H3,(H2,51,61)(H,52,62)(H,53,66)(H,54,67)(H,55,68)(H,56,63)(H,57,65)(H,58,69)(H,59,64)/t31-,39-,50?/m0/s1. The lowest BCUT2D eigenvalue weighted by Crippen LogP contribution is -2.62. The predicted molar refractivity (Wildman–Crippen MR) is 259 cm³/mol. The van der Waals surface area contributed by atoms with E-state index in [0.717, 1.165) is 47.5 Å². The van der Waals surface area contributed by atoms with E-state index in [1.807, 2.05) is 60.7 Å². The molecule has 21 heteroatoms. The maximum atomic E-state index is 14.3. The maximum Gasteiger partial charge on any atom is 0.407 e. The van der Waals surface area contributed by atoms with E-state index in [4.69, 9.17) is 15.2 Å². The minimum Gasteiger partial charge on any atom is -0.493 e. The first-order valence-corrected chi connectivity index (χ1v) is 23.9. The van der Waals surface area contributed by atoms with Crippen LogP contribution in [0, 0.1) is 5.41 Å². The van der Waals surface area contributed by atoms with Gasteiger partial charge < -0.3 is 62.6 Å². The number of nitrogens with one attached hydrogen (secondary N) is 8. The van der Waals surface area contributed by atoms with Crippen molar-refractivity contribution in [2.45, 2.75) is 76.4 Å². The second kappa shape index (κ2) is 25.3. The van der Waals surface area contributed by atoms with Crippen LogP contribution < -0.4 is 53.0 Å². The van der Waals surface area contributed by atoms with Crippen molar-refractivity contribution in [1.82, 2.24) is 47.4 Å². The van der Waals surface area contributed by atoms with Crippen molar-refractivity contribution in [3.63, 3.8) is 0 Å². The molecule has 0 spiro atoms. The van der Waals surface area contributed by atoms with Crippen molar-refractivity contribution in [3.8, 4) is 16.9 Å². The molecule has 0 aromatic heterocycles. The van der Waals surface area contributed by atoms with E-state index < -0.39 is 83.9 Å². The molecule has 380 valence electrons. The van der Waals surface area contributed by atoms with Crippen LogP contribution in [0.4, 0.5) is 4.79 Å². The number of alkyl carbamates (subject to hydrolysis) is 1. The molecular formula is C50H64N10O11. The third kappa shape index (κ3) is 14.5. The van der Waals surface area contributed by atoms with Gasteiger partial charge in [0.15, 0.2) is 5.41 Å². The molecule has 1 aliphatic carbocycles. The van der Waals surface area contributed by atoms with Crippen LogP contribution in [0.3, 0.4) is 0 Å². The summed E-state index contributed by atoms with van der Waals surface area (Å²) in [5.74, 6) is -5.34. The number of ether oxygens (including phenoxy) is 2. The van der Waals surface area contributed by atoms with Crippen LogP contribution in [0.5, 0.6) is 5.75 Å². The predicted octanol–water partition coefficient (Wildman–Crippen LogP) is -0.0116. The molecule has 2 heterocycles. The van der Waals surface area contributed by atoms with E-state index in [1.165, 1.54) is 18.1 Å². The Morgan fingerprint density at radius 2 is 1.52 bits per heavy atom. The molecular weight excluding hydrogens is 917 g/mol. The maximum absolute atomic E-state index is 14.3. The molecule has 3 atom stereocenters. The van der Waals surface area contributed by atoms with Crippen LogP contribution in [0.2, 0.25) is 0 Å². The lowest BCUT2D eigenvalue weighted by Gasteiger charge is -2.32. The molecule has 3 aromatic carbocycles. The van der Waals surface area contributed by atoms with Crippen LogP contribution in [0.25, 0.3) is 11.1 Å². The highest BCUT2D eigenvalue weighted by Crippen LogP contribution is 2.44. The number of carbonyl (C=O) groups is 9. The van der Waals surface area contributed by atoms with Gasteiger partial charge in [0.1, 0.15) is 24.4 Å². The monoisotopic (exact) mass is 980 g/mol. The summed E-state index contributed by atoms with van der Waals surface area (Å²) in [6, 6.07) is 19.2. The lowest BCUT2D eigenvalue weighted by atomic mass is 9.84. The van der Waals surface area contributed by atoms with Crippen molar-refractivity contribution >= 4 is 53.4 Å². The average Bonchev–Trinajstić information content (AvgIpc) is 3.67. The Morgan fingerprint density at radius 3 is 2.25 bits per heavy atom. The normalized spacial score (nSPS) is 19.0. The number of likely N-dealkylation sites (N-methyl/N-ethyl adjacent to an activating group) is 1. The summed E-state index contributed by atoms with van der Waals surface area (Å²) in [7, 11) is 2.07. The van der Waals surface area contributed by atoms with Crippen molar-refractivity contribution in [1.29, 1.82) is 0 Å². The van der Waals surface area contributed by atoms with Gasteiger partial charge in [-0.05, 0) is 72.7 Å². The quantitative estimate of drug-likeness (QED) is 0.0601. The minimum absolute atomic E-state index is 0.0203. The van der Waals surface area contributed by atoms with Crippen LogP contribution in [-0.2, 0) is 56.1 Å². The van der Waals surface area contributed by atoms with Gasteiger partial charge in [-0.3, -0.25) is 38.4 Å². The topological polar surface area (TPSA) is 298 Å². The smallest absolute Gasteiger partial charge is 0.407 e. The molecule has 2 aliphatic heterocycles. The third-order valence-corrected chi connectivity index (χ3v) is 12.7. The van der Waals surface area contributed by atoms with Gasteiger partial charge in [0.25, 0.3) is 0 Å². The Morgan fingerprint density at radius 1 is 0.817 bits per heavy atom. The van der Waals surface area contributed by atoms with Crippen LogP contribution in [0.15, 0.2) is 66.7 Å². The van der Waals surface area contributed by atoms with E-state index in [0.29, 0.717) is 13.0 Å². The second-order valence-electron chi connectivity index (χ2n) is 17.9. The summed E-state index contributed by atoms with van der Waals surface area (Å²) in [5.41, 5.74) is 9.44. The molecule has 3 aliphatic rings. The number of nitrogens with two attached hydrogens (primary N) is 1. The highest BCUT2D eigenvalue weighted by atomic mass is 16.5. The van der Waals surface area contributed by atoms with Crippen LogP contribution >= 0.6 is 0 Å². The van der Waals surface area contributed by atoms with Gasteiger partial charge >= 0.3 is 6.09 Å². The van der Waals surface area contributed by atoms with Crippen molar-refractivity contribution in [2.24, 2.45) is 11.1 Å². The zero-order valence-corrected chi connectivity index (χ0v) is 40.1. The molecule has 0 bridgehead atoms. The average molecular weight is 981 g/mol. The van der Waals surface area contributed by atoms with Crippen molar-refractivity contribution < 1.29 is 52.6 Å². The molecule has 71 heavy (non-hydrogen) atoms. The number of fused-ring (bicyclic) bond motifs is 4. The molecule has 6 rings (SSSR count). The zero-order chi connectivity index (χ0) is 50.9. The molecule has 1 fully saturated rings. The first-order valence-electron chi connectivity index (χ1n) is 23.9. The van der Waals surface area contributed by atoms with Gasteiger partial charge in [0.05, 0.1) is 6.61 Å². The Kier molecular flexibility index (Phi) is 18.9. The Labute approximate surface area is 411 Å². The minimum atomic E-state index is -2.28. The van der Waals surface area contributed by atoms with Crippen molar-refractivity contribution in [3.05, 3.63) is 89.0 Å². The highest BCUT2D eigenvalue weighted by Gasteiger charge is 2.47. The summed E-state index contributed by atoms with van der Waals surface area (Å²) < 4.78 is 11.7. The molecule has 9 amide bonds. The van der Waals surface area contributed by atoms with E-state index in [-0.39, 0.29) is 70.8 Å². The molecule has 21 nitrogen and oxygen atoms in total. The van der Waals surface area contributed by atoms with Gasteiger partial charge in [-0.2, -0.15) is 0 Å². The number of primary amides is 1. The first kappa shape index (κ1) is 52.8. The number of nitrogens with zero attached hydrogens (tertiary/aromatic N) is 1. The third-order valence-electron chi connectivity index (χ3n) is 12.7. The number of rotatable bonds is 18. The summed E-state index contributed by atoms with van der Waals surface area (Å²) in [5, 5.41) is 20.6. The zero-order valence-electron chi connectivity index (χ0n) is 40.1. The molecule has 3 aromatic rings. The fraction of sp³-hybridized carbons (Fsp3) is 0.460. The van der Waals surface area contributed by atoms with Crippen LogP contribution in [0.1, 0.15) is 73.6 Å². The Hall–Kier alpha value is -7.55.